The van der Waals surface area contributed by atoms with E-state index in [1.54, 1.807) is 31.3 Å². The Balaban J connectivity index is 1.97. The molecular weight excluding hydrogens is 318 g/mol. The van der Waals surface area contributed by atoms with Crippen LogP contribution in [-0.2, 0) is 6.54 Å². The molecule has 134 valence electrons. The zero-order valence-electron chi connectivity index (χ0n) is 15.3. The van der Waals surface area contributed by atoms with Gasteiger partial charge in [-0.05, 0) is 52.8 Å². The number of aliphatic hydroxyl groups excluding tert-OH is 1. The molecule has 0 saturated carbocycles. The predicted octanol–water partition coefficient (Wildman–Crippen LogP) is 2.95. The summed E-state index contributed by atoms with van der Waals surface area (Å²) in [7, 11) is 0. The molecule has 0 saturated heterocycles. The number of carbonyl (C=O) groups is 1. The van der Waals surface area contributed by atoms with E-state index in [0.717, 1.165) is 17.0 Å². The number of pyridine rings is 2. The standard InChI is InChI=1S/C19H25N3O3/c1-12-16(13(2)23)8-6-14(22-12)10-21-18(24)17-9-7-15(11-20-17)25-19(3,4)5/h6-9,11,13,23H,10H2,1-5H3,(H,21,24). The second-order valence-electron chi connectivity index (χ2n) is 6.93. The van der Waals surface area contributed by atoms with Crippen molar-refractivity contribution in [1.29, 1.82) is 0 Å². The van der Waals surface area contributed by atoms with E-state index in [1.807, 2.05) is 33.8 Å². The molecule has 2 N–H and O–H groups in total. The lowest BCUT2D eigenvalue weighted by molar-refractivity contribution is 0.0945. The molecule has 0 aromatic carbocycles. The van der Waals surface area contributed by atoms with Gasteiger partial charge in [0.05, 0.1) is 24.5 Å². The van der Waals surface area contributed by atoms with Crippen molar-refractivity contribution in [3.05, 3.63) is 53.1 Å². The third-order valence-electron chi connectivity index (χ3n) is 3.46. The highest BCUT2D eigenvalue weighted by molar-refractivity contribution is 5.92. The van der Waals surface area contributed by atoms with Crippen LogP contribution < -0.4 is 10.1 Å². The fourth-order valence-corrected chi connectivity index (χ4v) is 2.35. The number of nitrogens with zero attached hydrogens (tertiary/aromatic N) is 2. The van der Waals surface area contributed by atoms with Gasteiger partial charge in [0.2, 0.25) is 0 Å². The van der Waals surface area contributed by atoms with Crippen LogP contribution in [0.15, 0.2) is 30.5 Å². The third-order valence-corrected chi connectivity index (χ3v) is 3.46. The Bertz CT molecular complexity index is 735. The average molecular weight is 343 g/mol. The van der Waals surface area contributed by atoms with Crippen molar-refractivity contribution in [3.63, 3.8) is 0 Å². The van der Waals surface area contributed by atoms with Crippen LogP contribution in [0.5, 0.6) is 5.75 Å². The van der Waals surface area contributed by atoms with E-state index in [4.69, 9.17) is 4.74 Å². The molecule has 0 aliphatic carbocycles. The molecule has 1 atom stereocenters. The molecule has 1 amide bonds. The topological polar surface area (TPSA) is 84.3 Å². The maximum atomic E-state index is 12.2. The summed E-state index contributed by atoms with van der Waals surface area (Å²) in [5.74, 6) is 0.344. The maximum Gasteiger partial charge on any atom is 0.270 e. The Hall–Kier alpha value is -2.47. The van der Waals surface area contributed by atoms with Gasteiger partial charge in [0, 0.05) is 11.3 Å². The maximum absolute atomic E-state index is 12.2. The first-order chi connectivity index (χ1) is 11.7. The SMILES string of the molecule is Cc1nc(CNC(=O)c2ccc(OC(C)(C)C)cn2)ccc1C(C)O. The van der Waals surface area contributed by atoms with Gasteiger partial charge in [0.15, 0.2) is 0 Å². The zero-order chi connectivity index (χ0) is 18.6. The van der Waals surface area contributed by atoms with Gasteiger partial charge in [-0.2, -0.15) is 0 Å². The van der Waals surface area contributed by atoms with E-state index in [1.165, 1.54) is 0 Å². The van der Waals surface area contributed by atoms with Gasteiger partial charge in [-0.3, -0.25) is 9.78 Å². The van der Waals surface area contributed by atoms with Crippen molar-refractivity contribution in [2.24, 2.45) is 0 Å². The molecule has 6 heteroatoms. The zero-order valence-corrected chi connectivity index (χ0v) is 15.3. The second kappa shape index (κ2) is 7.61. The molecule has 2 heterocycles. The van der Waals surface area contributed by atoms with Gasteiger partial charge in [0.25, 0.3) is 5.91 Å². The van der Waals surface area contributed by atoms with Crippen LogP contribution >= 0.6 is 0 Å². The molecular formula is C19H25N3O3. The Labute approximate surface area is 148 Å². The molecule has 1 unspecified atom stereocenters. The number of carbonyl (C=O) groups excluding carboxylic acids is 1. The summed E-state index contributed by atoms with van der Waals surface area (Å²) in [6.07, 6.45) is 0.981. The number of ether oxygens (including phenoxy) is 1. The molecule has 0 fully saturated rings. The Morgan fingerprint density at radius 1 is 1.28 bits per heavy atom. The van der Waals surface area contributed by atoms with Crippen molar-refractivity contribution in [2.45, 2.75) is 52.9 Å². The molecule has 0 bridgehead atoms. The molecule has 25 heavy (non-hydrogen) atoms. The first-order valence-corrected chi connectivity index (χ1v) is 8.23. The number of aryl methyl sites for hydroxylation is 1. The van der Waals surface area contributed by atoms with Crippen LogP contribution in [0.1, 0.15) is 61.2 Å². The molecule has 6 nitrogen and oxygen atoms in total. The number of amides is 1. The fourth-order valence-electron chi connectivity index (χ4n) is 2.35. The van der Waals surface area contributed by atoms with Crippen molar-refractivity contribution < 1.29 is 14.6 Å². The average Bonchev–Trinajstić information content (AvgIpc) is 2.51. The van der Waals surface area contributed by atoms with E-state index >= 15 is 0 Å². The minimum absolute atomic E-state index is 0.277. The molecule has 0 spiro atoms. The summed E-state index contributed by atoms with van der Waals surface area (Å²) in [6.45, 7) is 9.68. The van der Waals surface area contributed by atoms with Crippen molar-refractivity contribution in [1.82, 2.24) is 15.3 Å². The van der Waals surface area contributed by atoms with Crippen molar-refractivity contribution in [2.75, 3.05) is 0 Å². The molecule has 2 aromatic rings. The van der Waals surface area contributed by atoms with Crippen LogP contribution in [0.2, 0.25) is 0 Å². The first kappa shape index (κ1) is 18.9. The van der Waals surface area contributed by atoms with Crippen molar-refractivity contribution >= 4 is 5.91 Å². The minimum Gasteiger partial charge on any atom is -0.487 e. The van der Waals surface area contributed by atoms with Gasteiger partial charge >= 0.3 is 0 Å². The molecule has 0 aliphatic rings. The normalized spacial score (nSPS) is 12.6. The van der Waals surface area contributed by atoms with Crippen LogP contribution in [0.25, 0.3) is 0 Å². The predicted molar refractivity (Wildman–Crippen MR) is 95.4 cm³/mol. The van der Waals surface area contributed by atoms with E-state index in [9.17, 15) is 9.90 Å². The quantitative estimate of drug-likeness (QED) is 0.872. The van der Waals surface area contributed by atoms with Crippen LogP contribution in [0, 0.1) is 6.92 Å². The lowest BCUT2D eigenvalue weighted by Gasteiger charge is -2.20. The van der Waals surface area contributed by atoms with Gasteiger partial charge in [-0.15, -0.1) is 0 Å². The largest absolute Gasteiger partial charge is 0.487 e. The van der Waals surface area contributed by atoms with Gasteiger partial charge < -0.3 is 15.2 Å². The summed E-state index contributed by atoms with van der Waals surface area (Å²) in [6, 6.07) is 6.98. The lowest BCUT2D eigenvalue weighted by Crippen LogP contribution is -2.25. The van der Waals surface area contributed by atoms with Gasteiger partial charge in [-0.25, -0.2) is 4.98 Å². The summed E-state index contributed by atoms with van der Waals surface area (Å²) >= 11 is 0. The minimum atomic E-state index is -0.561. The Kier molecular flexibility index (Phi) is 5.74. The third kappa shape index (κ3) is 5.53. The highest BCUT2D eigenvalue weighted by Gasteiger charge is 2.13. The molecule has 2 rings (SSSR count). The highest BCUT2D eigenvalue weighted by Crippen LogP contribution is 2.17. The van der Waals surface area contributed by atoms with Crippen LogP contribution in [0.3, 0.4) is 0 Å². The van der Waals surface area contributed by atoms with E-state index < -0.39 is 6.10 Å². The van der Waals surface area contributed by atoms with Crippen LogP contribution in [0.4, 0.5) is 0 Å². The highest BCUT2D eigenvalue weighted by atomic mass is 16.5. The first-order valence-electron chi connectivity index (χ1n) is 8.23. The van der Waals surface area contributed by atoms with Crippen molar-refractivity contribution in [3.8, 4) is 5.75 Å². The number of nitrogens with one attached hydrogen (secondary N) is 1. The fraction of sp³-hybridized carbons (Fsp3) is 0.421. The monoisotopic (exact) mass is 343 g/mol. The summed E-state index contributed by atoms with van der Waals surface area (Å²) in [4.78, 5) is 20.7. The Morgan fingerprint density at radius 2 is 2.00 bits per heavy atom. The summed E-state index contributed by atoms with van der Waals surface area (Å²) < 4.78 is 5.68. The number of rotatable bonds is 5. The smallest absolute Gasteiger partial charge is 0.270 e. The molecule has 0 radical (unpaired) electrons. The number of aromatic nitrogens is 2. The number of hydrogen-bond donors (Lipinski definition) is 2. The lowest BCUT2D eigenvalue weighted by atomic mass is 10.1. The summed E-state index contributed by atoms with van der Waals surface area (Å²) in [5.41, 5.74) is 2.27. The van der Waals surface area contributed by atoms with Gasteiger partial charge in [0.1, 0.15) is 17.0 Å². The van der Waals surface area contributed by atoms with Gasteiger partial charge in [-0.1, -0.05) is 6.07 Å². The second-order valence-corrected chi connectivity index (χ2v) is 6.93. The van der Waals surface area contributed by atoms with Crippen LogP contribution in [-0.4, -0.2) is 26.6 Å². The Morgan fingerprint density at radius 3 is 2.52 bits per heavy atom. The molecule has 0 aliphatic heterocycles. The van der Waals surface area contributed by atoms with E-state index in [-0.39, 0.29) is 11.5 Å². The number of hydrogen-bond acceptors (Lipinski definition) is 5. The summed E-state index contributed by atoms with van der Waals surface area (Å²) in [5, 5.41) is 12.4. The number of aliphatic hydroxyl groups is 1. The van der Waals surface area contributed by atoms with E-state index in [2.05, 4.69) is 15.3 Å². The van der Waals surface area contributed by atoms with E-state index in [0.29, 0.717) is 18.0 Å². The molecule has 2 aromatic heterocycles.